The summed E-state index contributed by atoms with van der Waals surface area (Å²) in [7, 11) is 0. The van der Waals surface area contributed by atoms with Crippen LogP contribution in [0.25, 0.3) is 0 Å². The fraction of sp³-hybridized carbons (Fsp3) is 0.375. The number of carboxylic acid groups (broad SMARTS) is 1. The van der Waals surface area contributed by atoms with E-state index in [1.54, 1.807) is 12.4 Å². The minimum Gasteiger partial charge on any atom is -0.465 e. The van der Waals surface area contributed by atoms with Gasteiger partial charge in [-0.3, -0.25) is 0 Å². The van der Waals surface area contributed by atoms with Gasteiger partial charge in [0.15, 0.2) is 5.82 Å². The number of carbonyl (C=O) groups is 1. The Labute approximate surface area is 88.7 Å². The first kappa shape index (κ1) is 9.39. The van der Waals surface area contributed by atoms with Crippen molar-refractivity contribution in [3.8, 4) is 0 Å². The van der Waals surface area contributed by atoms with Gasteiger partial charge in [-0.05, 0) is 28.8 Å². The van der Waals surface area contributed by atoms with Crippen molar-refractivity contribution in [2.24, 2.45) is 0 Å². The van der Waals surface area contributed by atoms with E-state index in [1.165, 1.54) is 0 Å². The van der Waals surface area contributed by atoms with E-state index >= 15 is 0 Å². The summed E-state index contributed by atoms with van der Waals surface area (Å²) in [6, 6.07) is 0. The van der Waals surface area contributed by atoms with E-state index in [4.69, 9.17) is 5.11 Å². The Morgan fingerprint density at radius 2 is 2.07 bits per heavy atom. The van der Waals surface area contributed by atoms with Gasteiger partial charge in [0.25, 0.3) is 0 Å². The summed E-state index contributed by atoms with van der Waals surface area (Å²) in [5, 5.41) is 11.1. The zero-order valence-corrected chi connectivity index (χ0v) is 8.78. The number of nitrogens with one attached hydrogen (secondary N) is 1. The van der Waals surface area contributed by atoms with Crippen molar-refractivity contribution in [3.05, 3.63) is 22.7 Å². The SMILES string of the molecule is O=C(O)NC1(c2ncc(Br)cn2)CC1. The molecule has 2 N–H and O–H groups in total. The van der Waals surface area contributed by atoms with E-state index in [2.05, 4.69) is 31.2 Å². The Kier molecular flexibility index (Phi) is 2.14. The van der Waals surface area contributed by atoms with Crippen molar-refractivity contribution in [1.29, 1.82) is 0 Å². The summed E-state index contributed by atoms with van der Waals surface area (Å²) in [5.41, 5.74) is -0.535. The third kappa shape index (κ3) is 1.70. The first-order chi connectivity index (χ1) is 6.62. The Bertz CT molecular complexity index is 361. The van der Waals surface area contributed by atoms with Gasteiger partial charge in [0, 0.05) is 12.4 Å². The minimum atomic E-state index is -1.03. The number of amides is 1. The van der Waals surface area contributed by atoms with Gasteiger partial charge in [-0.1, -0.05) is 0 Å². The molecular weight excluding hydrogens is 250 g/mol. The van der Waals surface area contributed by atoms with Crippen LogP contribution in [0.3, 0.4) is 0 Å². The highest BCUT2D eigenvalue weighted by atomic mass is 79.9. The van der Waals surface area contributed by atoms with Gasteiger partial charge < -0.3 is 10.4 Å². The van der Waals surface area contributed by atoms with Crippen LogP contribution in [-0.4, -0.2) is 21.2 Å². The second-order valence-corrected chi connectivity index (χ2v) is 4.15. The quantitative estimate of drug-likeness (QED) is 0.842. The molecule has 0 saturated heterocycles. The zero-order chi connectivity index (χ0) is 10.2. The molecule has 0 spiro atoms. The van der Waals surface area contributed by atoms with Crippen LogP contribution < -0.4 is 5.32 Å². The smallest absolute Gasteiger partial charge is 0.405 e. The predicted molar refractivity (Wildman–Crippen MR) is 51.8 cm³/mol. The van der Waals surface area contributed by atoms with Crippen LogP contribution in [0.5, 0.6) is 0 Å². The lowest BCUT2D eigenvalue weighted by Gasteiger charge is -2.12. The maximum atomic E-state index is 10.5. The molecule has 1 fully saturated rings. The van der Waals surface area contributed by atoms with Crippen molar-refractivity contribution in [2.75, 3.05) is 0 Å². The number of halogens is 1. The molecule has 2 rings (SSSR count). The Balaban J connectivity index is 2.22. The average molecular weight is 258 g/mol. The molecule has 6 heteroatoms. The van der Waals surface area contributed by atoms with Crippen LogP contribution in [0.15, 0.2) is 16.9 Å². The maximum absolute atomic E-state index is 10.5. The second-order valence-electron chi connectivity index (χ2n) is 3.24. The number of hydrogen-bond acceptors (Lipinski definition) is 3. The first-order valence-electron chi connectivity index (χ1n) is 4.11. The van der Waals surface area contributed by atoms with Gasteiger partial charge in [-0.2, -0.15) is 0 Å². The molecule has 0 bridgehead atoms. The summed E-state index contributed by atoms with van der Waals surface area (Å²) in [4.78, 5) is 18.7. The van der Waals surface area contributed by atoms with Crippen LogP contribution in [0.1, 0.15) is 18.7 Å². The summed E-state index contributed by atoms with van der Waals surface area (Å²) in [6.45, 7) is 0. The zero-order valence-electron chi connectivity index (χ0n) is 7.20. The molecule has 14 heavy (non-hydrogen) atoms. The molecule has 1 heterocycles. The Morgan fingerprint density at radius 3 is 2.50 bits per heavy atom. The fourth-order valence-corrected chi connectivity index (χ4v) is 1.50. The average Bonchev–Trinajstić information content (AvgIpc) is 2.85. The van der Waals surface area contributed by atoms with E-state index < -0.39 is 11.6 Å². The summed E-state index contributed by atoms with van der Waals surface area (Å²) in [5.74, 6) is 0.545. The molecule has 0 unspecified atom stereocenters. The molecule has 5 nitrogen and oxygen atoms in total. The van der Waals surface area contributed by atoms with E-state index in [0.717, 1.165) is 17.3 Å². The molecular formula is C8H8BrN3O2. The van der Waals surface area contributed by atoms with Gasteiger partial charge >= 0.3 is 6.09 Å². The molecule has 0 aliphatic heterocycles. The summed E-state index contributed by atoms with van der Waals surface area (Å²) in [6.07, 6.45) is 3.73. The highest BCUT2D eigenvalue weighted by Gasteiger charge is 2.48. The third-order valence-corrected chi connectivity index (χ3v) is 2.55. The molecule has 1 saturated carbocycles. The fourth-order valence-electron chi connectivity index (χ4n) is 1.29. The molecule has 0 atom stereocenters. The highest BCUT2D eigenvalue weighted by Crippen LogP contribution is 2.43. The molecule has 1 aromatic rings. The van der Waals surface area contributed by atoms with Crippen LogP contribution in [0, 0.1) is 0 Å². The highest BCUT2D eigenvalue weighted by molar-refractivity contribution is 9.10. The van der Waals surface area contributed by atoms with Crippen LogP contribution >= 0.6 is 15.9 Å². The van der Waals surface area contributed by atoms with Crippen molar-refractivity contribution in [3.63, 3.8) is 0 Å². The lowest BCUT2D eigenvalue weighted by Crippen LogP contribution is -2.34. The van der Waals surface area contributed by atoms with E-state index in [-0.39, 0.29) is 0 Å². The monoisotopic (exact) mass is 257 g/mol. The van der Waals surface area contributed by atoms with Crippen molar-refractivity contribution >= 4 is 22.0 Å². The Hall–Kier alpha value is -1.17. The number of aromatic nitrogens is 2. The number of nitrogens with zero attached hydrogens (tertiary/aromatic N) is 2. The largest absolute Gasteiger partial charge is 0.465 e. The molecule has 1 amide bonds. The van der Waals surface area contributed by atoms with Gasteiger partial charge in [0.2, 0.25) is 0 Å². The van der Waals surface area contributed by atoms with Gasteiger partial charge in [0.05, 0.1) is 4.47 Å². The van der Waals surface area contributed by atoms with Crippen molar-refractivity contribution in [2.45, 2.75) is 18.4 Å². The molecule has 74 valence electrons. The van der Waals surface area contributed by atoms with Gasteiger partial charge in [-0.15, -0.1) is 0 Å². The number of rotatable bonds is 2. The van der Waals surface area contributed by atoms with Gasteiger partial charge in [-0.25, -0.2) is 14.8 Å². The summed E-state index contributed by atoms with van der Waals surface area (Å²) < 4.78 is 0.785. The topological polar surface area (TPSA) is 75.1 Å². The lowest BCUT2D eigenvalue weighted by atomic mass is 10.2. The lowest BCUT2D eigenvalue weighted by molar-refractivity contribution is 0.187. The molecule has 1 aromatic heterocycles. The van der Waals surface area contributed by atoms with Crippen LogP contribution in [-0.2, 0) is 5.54 Å². The van der Waals surface area contributed by atoms with E-state index in [0.29, 0.717) is 5.82 Å². The molecule has 1 aliphatic rings. The van der Waals surface area contributed by atoms with E-state index in [1.807, 2.05) is 0 Å². The number of hydrogen-bond donors (Lipinski definition) is 2. The van der Waals surface area contributed by atoms with E-state index in [9.17, 15) is 4.79 Å². The van der Waals surface area contributed by atoms with Crippen LogP contribution in [0.4, 0.5) is 4.79 Å². The third-order valence-electron chi connectivity index (χ3n) is 2.14. The van der Waals surface area contributed by atoms with Crippen LogP contribution in [0.2, 0.25) is 0 Å². The minimum absolute atomic E-state index is 0.535. The Morgan fingerprint density at radius 1 is 1.50 bits per heavy atom. The normalized spacial score (nSPS) is 17.5. The van der Waals surface area contributed by atoms with Gasteiger partial charge in [0.1, 0.15) is 5.54 Å². The predicted octanol–water partition coefficient (Wildman–Crippen LogP) is 1.50. The molecule has 0 aromatic carbocycles. The van der Waals surface area contributed by atoms with Crippen molar-refractivity contribution in [1.82, 2.24) is 15.3 Å². The standard InChI is InChI=1S/C8H8BrN3O2/c9-5-3-10-6(11-4-5)8(1-2-8)12-7(13)14/h3-4,12H,1-2H2,(H,13,14). The molecule has 1 aliphatic carbocycles. The first-order valence-corrected chi connectivity index (χ1v) is 4.91. The van der Waals surface area contributed by atoms with Crippen molar-refractivity contribution < 1.29 is 9.90 Å². The second kappa shape index (κ2) is 3.20. The summed E-state index contributed by atoms with van der Waals surface area (Å²) >= 11 is 3.22. The molecule has 0 radical (unpaired) electrons. The maximum Gasteiger partial charge on any atom is 0.405 e.